The molecule has 23 heavy (non-hydrogen) atoms. The molecule has 0 aliphatic carbocycles. The molecule has 0 aromatic carbocycles. The van der Waals surface area contributed by atoms with E-state index in [1.807, 2.05) is 0 Å². The molecule has 8 nitrogen and oxygen atoms in total. The molecule has 3 heterocycles. The second kappa shape index (κ2) is 7.76. The number of nitrogens with zero attached hydrogens (tertiary/aromatic N) is 4. The summed E-state index contributed by atoms with van der Waals surface area (Å²) in [4.78, 5) is 15.5. The van der Waals surface area contributed by atoms with Gasteiger partial charge in [-0.3, -0.25) is 0 Å². The van der Waals surface area contributed by atoms with Gasteiger partial charge in [0.05, 0.1) is 0 Å². The zero-order valence-corrected chi connectivity index (χ0v) is 12.8. The fourth-order valence-electron chi connectivity index (χ4n) is 1.52. The molecule has 0 saturated carbocycles. The Balaban J connectivity index is 0.000000203. The summed E-state index contributed by atoms with van der Waals surface area (Å²) < 4.78 is 0. The van der Waals surface area contributed by atoms with Crippen LogP contribution in [0.5, 0.6) is 0 Å². The van der Waals surface area contributed by atoms with Crippen LogP contribution in [0.4, 0.5) is 29.1 Å². The maximum absolute atomic E-state index is 5.71. The summed E-state index contributed by atoms with van der Waals surface area (Å²) in [5.41, 5.74) is 16.1. The number of nitrogens with one attached hydrogen (secondary N) is 1. The highest BCUT2D eigenvalue weighted by Gasteiger charge is 1.98. The van der Waals surface area contributed by atoms with Crippen LogP contribution < -0.4 is 22.5 Å². The van der Waals surface area contributed by atoms with Gasteiger partial charge < -0.3 is 22.5 Å². The van der Waals surface area contributed by atoms with E-state index in [0.717, 1.165) is 0 Å². The van der Waals surface area contributed by atoms with Gasteiger partial charge in [0.25, 0.3) is 0 Å². The lowest BCUT2D eigenvalue weighted by molar-refractivity contribution is 1.16. The van der Waals surface area contributed by atoms with Crippen molar-refractivity contribution in [3.63, 3.8) is 0 Å². The maximum atomic E-state index is 5.71. The van der Waals surface area contributed by atoms with Crippen molar-refractivity contribution in [2.45, 2.75) is 0 Å². The second-order valence-corrected chi connectivity index (χ2v) is 4.67. The number of anilines is 5. The Morgan fingerprint density at radius 2 is 1.39 bits per heavy atom. The Kier molecular flexibility index (Phi) is 5.48. The van der Waals surface area contributed by atoms with E-state index in [1.54, 1.807) is 42.5 Å². The molecule has 0 atom stereocenters. The van der Waals surface area contributed by atoms with Crippen molar-refractivity contribution in [2.75, 3.05) is 22.5 Å². The van der Waals surface area contributed by atoms with Gasteiger partial charge in [-0.2, -0.15) is 0 Å². The van der Waals surface area contributed by atoms with Gasteiger partial charge in [0, 0.05) is 6.07 Å². The van der Waals surface area contributed by atoms with Crippen LogP contribution in [0.25, 0.3) is 0 Å². The number of pyridine rings is 2. The van der Waals surface area contributed by atoms with E-state index in [-0.39, 0.29) is 0 Å². The van der Waals surface area contributed by atoms with Crippen LogP contribution in [-0.4, -0.2) is 19.9 Å². The Morgan fingerprint density at radius 3 is 1.91 bits per heavy atom. The molecule has 3 aromatic rings. The van der Waals surface area contributed by atoms with Gasteiger partial charge >= 0.3 is 0 Å². The van der Waals surface area contributed by atoms with Crippen LogP contribution in [0.15, 0.2) is 48.8 Å². The van der Waals surface area contributed by atoms with Crippen LogP contribution in [0, 0.1) is 0 Å². The SMILES string of the molecule is Nc1cccc(N)n1.Nc1cccc(Nc2cc(Cl)ncn2)n1. The Labute approximate surface area is 137 Å². The smallest absolute Gasteiger partial charge is 0.136 e. The Hall–Kier alpha value is -3.13. The molecule has 0 unspecified atom stereocenters. The molecule has 0 saturated heterocycles. The van der Waals surface area contributed by atoms with Crippen LogP contribution >= 0.6 is 11.6 Å². The first kappa shape index (κ1) is 16.2. The average molecular weight is 331 g/mol. The lowest BCUT2D eigenvalue weighted by atomic mass is 10.4. The molecule has 0 bridgehead atoms. The molecule has 3 aromatic heterocycles. The minimum Gasteiger partial charge on any atom is -0.384 e. The molecule has 0 spiro atoms. The summed E-state index contributed by atoms with van der Waals surface area (Å²) >= 11 is 5.71. The fourth-order valence-corrected chi connectivity index (χ4v) is 1.67. The lowest BCUT2D eigenvalue weighted by Crippen LogP contribution is -1.98. The third-order valence-corrected chi connectivity index (χ3v) is 2.66. The molecule has 9 heteroatoms. The van der Waals surface area contributed by atoms with Crippen LogP contribution in [0.2, 0.25) is 5.15 Å². The van der Waals surface area contributed by atoms with Gasteiger partial charge in [0.2, 0.25) is 0 Å². The standard InChI is InChI=1S/C9H8ClN5.C5H7N3/c10-6-4-9(13-5-12-6)15-8-3-1-2-7(11)14-8;6-4-2-1-3-5(7)8-4/h1-5H,(H3,11,12,13,14,15);1-3H,(H4,6,7,8). The average Bonchev–Trinajstić information content (AvgIpc) is 2.47. The molecule has 7 N–H and O–H groups in total. The van der Waals surface area contributed by atoms with Gasteiger partial charge in [-0.05, 0) is 24.3 Å². The fraction of sp³-hybridized carbons (Fsp3) is 0. The van der Waals surface area contributed by atoms with Crippen molar-refractivity contribution in [1.82, 2.24) is 19.9 Å². The first-order chi connectivity index (χ1) is 11.0. The van der Waals surface area contributed by atoms with E-state index in [4.69, 9.17) is 28.8 Å². The summed E-state index contributed by atoms with van der Waals surface area (Å²) in [7, 11) is 0. The van der Waals surface area contributed by atoms with Crippen molar-refractivity contribution in [3.05, 3.63) is 53.9 Å². The monoisotopic (exact) mass is 330 g/mol. The molecule has 0 amide bonds. The Bertz CT molecular complexity index is 719. The number of aromatic nitrogens is 4. The highest BCUT2D eigenvalue weighted by molar-refractivity contribution is 6.29. The summed E-state index contributed by atoms with van der Waals surface area (Å²) in [5.74, 6) is 2.56. The largest absolute Gasteiger partial charge is 0.384 e. The number of rotatable bonds is 2. The van der Waals surface area contributed by atoms with Gasteiger partial charge in [-0.15, -0.1) is 0 Å². The van der Waals surface area contributed by atoms with Crippen molar-refractivity contribution in [1.29, 1.82) is 0 Å². The van der Waals surface area contributed by atoms with Gasteiger partial charge in [-0.25, -0.2) is 19.9 Å². The van der Waals surface area contributed by atoms with E-state index < -0.39 is 0 Å². The van der Waals surface area contributed by atoms with Crippen LogP contribution in [0.3, 0.4) is 0 Å². The Morgan fingerprint density at radius 1 is 0.783 bits per heavy atom. The molecule has 0 aliphatic heterocycles. The summed E-state index contributed by atoms with van der Waals surface area (Å²) in [6.07, 6.45) is 1.37. The molecule has 0 aliphatic rings. The topological polar surface area (TPSA) is 142 Å². The van der Waals surface area contributed by atoms with E-state index in [2.05, 4.69) is 25.3 Å². The summed E-state index contributed by atoms with van der Waals surface area (Å²) in [6.45, 7) is 0. The molecule has 118 valence electrons. The third-order valence-electron chi connectivity index (χ3n) is 2.45. The molecular weight excluding hydrogens is 316 g/mol. The number of hydrogen-bond donors (Lipinski definition) is 4. The van der Waals surface area contributed by atoms with Crippen molar-refractivity contribution >= 4 is 40.7 Å². The molecule has 0 radical (unpaired) electrons. The maximum Gasteiger partial charge on any atom is 0.136 e. The van der Waals surface area contributed by atoms with Crippen LogP contribution in [0.1, 0.15) is 0 Å². The quantitative estimate of drug-likeness (QED) is 0.523. The molecule has 3 rings (SSSR count). The minimum absolute atomic E-state index is 0.372. The predicted molar refractivity (Wildman–Crippen MR) is 92.0 cm³/mol. The van der Waals surface area contributed by atoms with Crippen LogP contribution in [-0.2, 0) is 0 Å². The first-order valence-electron chi connectivity index (χ1n) is 6.48. The second-order valence-electron chi connectivity index (χ2n) is 4.29. The molecule has 0 fully saturated rings. The normalized spacial score (nSPS) is 9.61. The highest BCUT2D eigenvalue weighted by Crippen LogP contribution is 2.14. The van der Waals surface area contributed by atoms with Gasteiger partial charge in [0.15, 0.2) is 0 Å². The summed E-state index contributed by atoms with van der Waals surface area (Å²) in [5, 5.41) is 3.33. The summed E-state index contributed by atoms with van der Waals surface area (Å²) in [6, 6.07) is 12.0. The van der Waals surface area contributed by atoms with Crippen molar-refractivity contribution in [3.8, 4) is 0 Å². The van der Waals surface area contributed by atoms with Gasteiger partial charge in [0.1, 0.15) is 40.6 Å². The number of nitrogen functional groups attached to an aromatic ring is 3. The zero-order valence-electron chi connectivity index (χ0n) is 12.0. The number of hydrogen-bond acceptors (Lipinski definition) is 8. The number of halogens is 1. The zero-order chi connectivity index (χ0) is 16.7. The lowest BCUT2D eigenvalue weighted by Gasteiger charge is -2.04. The predicted octanol–water partition coefficient (Wildman–Crippen LogP) is 2.10. The highest BCUT2D eigenvalue weighted by atomic mass is 35.5. The minimum atomic E-state index is 0.372. The van der Waals surface area contributed by atoms with Gasteiger partial charge in [-0.1, -0.05) is 23.7 Å². The molecular formula is C14H15ClN8. The first-order valence-corrected chi connectivity index (χ1v) is 6.86. The van der Waals surface area contributed by atoms with Crippen molar-refractivity contribution < 1.29 is 0 Å². The third kappa shape index (κ3) is 5.64. The number of nitrogens with two attached hydrogens (primary N) is 3. The van der Waals surface area contributed by atoms with E-state index in [0.29, 0.717) is 34.2 Å². The van der Waals surface area contributed by atoms with Crippen molar-refractivity contribution in [2.24, 2.45) is 0 Å². The van der Waals surface area contributed by atoms with E-state index >= 15 is 0 Å². The van der Waals surface area contributed by atoms with E-state index in [9.17, 15) is 0 Å². The van der Waals surface area contributed by atoms with E-state index in [1.165, 1.54) is 6.33 Å².